The Balaban J connectivity index is 2.21. The number of rotatable bonds is 2. The summed E-state index contributed by atoms with van der Waals surface area (Å²) in [6.45, 7) is 7.85. The average molecular weight is 206 g/mol. The summed E-state index contributed by atoms with van der Waals surface area (Å²) < 4.78 is 0. The lowest BCUT2D eigenvalue weighted by Gasteiger charge is -1.99. The van der Waals surface area contributed by atoms with E-state index in [0.717, 1.165) is 16.7 Å². The highest BCUT2D eigenvalue weighted by atomic mass is 14.0. The highest BCUT2D eigenvalue weighted by Crippen LogP contribution is 2.12. The van der Waals surface area contributed by atoms with Crippen LogP contribution in [0.25, 0.3) is 12.2 Å². The lowest BCUT2D eigenvalue weighted by molar-refractivity contribution is 1.56. The van der Waals surface area contributed by atoms with Crippen molar-refractivity contribution in [3.63, 3.8) is 0 Å². The van der Waals surface area contributed by atoms with E-state index in [0.29, 0.717) is 0 Å². The van der Waals surface area contributed by atoms with E-state index in [1.165, 1.54) is 5.56 Å². The van der Waals surface area contributed by atoms with Crippen molar-refractivity contribution in [2.24, 2.45) is 0 Å². The molecule has 2 aromatic carbocycles. The zero-order valence-corrected chi connectivity index (χ0v) is 9.19. The molecule has 0 N–H and O–H groups in total. The Kier molecular flexibility index (Phi) is 3.21. The molecule has 0 saturated carbocycles. The van der Waals surface area contributed by atoms with Gasteiger partial charge in [0.05, 0.1) is 0 Å². The molecule has 0 saturated heterocycles. The summed E-state index contributed by atoms with van der Waals surface area (Å²) >= 11 is 0. The first-order valence-electron chi connectivity index (χ1n) is 5.27. The summed E-state index contributed by atoms with van der Waals surface area (Å²) in [5, 5.41) is 0. The van der Waals surface area contributed by atoms with Crippen molar-refractivity contribution in [2.75, 3.05) is 0 Å². The zero-order chi connectivity index (χ0) is 11.4. The van der Waals surface area contributed by atoms with E-state index in [-0.39, 0.29) is 0 Å². The summed E-state index contributed by atoms with van der Waals surface area (Å²) in [5.74, 6) is 0. The van der Waals surface area contributed by atoms with Crippen LogP contribution in [-0.2, 0) is 0 Å². The van der Waals surface area contributed by atoms with E-state index in [4.69, 9.17) is 0 Å². The van der Waals surface area contributed by atoms with E-state index in [9.17, 15) is 0 Å². The van der Waals surface area contributed by atoms with E-state index in [2.05, 4.69) is 44.2 Å². The Morgan fingerprint density at radius 1 is 0.750 bits per heavy atom. The van der Waals surface area contributed by atoms with Crippen LogP contribution in [0.1, 0.15) is 22.3 Å². The molecule has 0 aliphatic heterocycles. The predicted octanol–water partition coefficient (Wildman–Crippen LogP) is 4.22. The fraction of sp³-hybridized carbons (Fsp3) is 0. The van der Waals surface area contributed by atoms with E-state index >= 15 is 0 Å². The normalized spacial score (nSPS) is 10.9. The van der Waals surface area contributed by atoms with Gasteiger partial charge in [-0.1, -0.05) is 60.7 Å². The Hall–Kier alpha value is -1.82. The molecule has 0 unspecified atom stereocenters. The topological polar surface area (TPSA) is 0 Å². The molecule has 78 valence electrons. The Morgan fingerprint density at radius 3 is 2.12 bits per heavy atom. The largest absolute Gasteiger partial charge is 0.0620 e. The van der Waals surface area contributed by atoms with Crippen molar-refractivity contribution < 1.29 is 0 Å². The second-order valence-corrected chi connectivity index (χ2v) is 3.77. The van der Waals surface area contributed by atoms with Crippen LogP contribution in [0.2, 0.25) is 0 Å². The Labute approximate surface area is 97.3 Å². The average Bonchev–Trinajstić information content (AvgIpc) is 2.30. The summed E-state index contributed by atoms with van der Waals surface area (Å²) in [5.41, 5.74) is 4.42. The van der Waals surface area contributed by atoms with Gasteiger partial charge in [0.1, 0.15) is 0 Å². The van der Waals surface area contributed by atoms with Gasteiger partial charge in [0.2, 0.25) is 0 Å². The quantitative estimate of drug-likeness (QED) is 0.645. The zero-order valence-electron chi connectivity index (χ0n) is 9.19. The smallest absolute Gasteiger partial charge is 0.0224 e. The molecule has 2 aromatic rings. The fourth-order valence-electron chi connectivity index (χ4n) is 1.51. The molecule has 0 atom stereocenters. The molecule has 0 spiro atoms. The van der Waals surface area contributed by atoms with Gasteiger partial charge in [-0.15, -0.1) is 0 Å². The molecular weight excluding hydrogens is 192 g/mol. The molecule has 0 heteroatoms. The van der Waals surface area contributed by atoms with Crippen LogP contribution in [0.5, 0.6) is 0 Å². The van der Waals surface area contributed by atoms with Gasteiger partial charge in [-0.25, -0.2) is 0 Å². The van der Waals surface area contributed by atoms with Gasteiger partial charge in [0, 0.05) is 0 Å². The molecule has 0 aromatic heterocycles. The fourth-order valence-corrected chi connectivity index (χ4v) is 1.51. The molecule has 0 amide bonds. The predicted molar refractivity (Wildman–Crippen MR) is 70.7 cm³/mol. The van der Waals surface area contributed by atoms with Gasteiger partial charge >= 0.3 is 0 Å². The van der Waals surface area contributed by atoms with Crippen molar-refractivity contribution in [1.82, 2.24) is 0 Å². The molecular formula is C16H14. The number of benzene rings is 2. The molecule has 0 bridgehead atoms. The Morgan fingerprint density at radius 2 is 1.44 bits per heavy atom. The first-order chi connectivity index (χ1) is 7.75. The molecule has 16 heavy (non-hydrogen) atoms. The highest BCUT2D eigenvalue weighted by molar-refractivity contribution is 5.71. The lowest BCUT2D eigenvalue weighted by atomic mass is 10.1. The van der Waals surface area contributed by atoms with Gasteiger partial charge in [-0.3, -0.25) is 0 Å². The Bertz CT molecular complexity index is 490. The monoisotopic (exact) mass is 206 g/mol. The maximum atomic E-state index is 3.99. The van der Waals surface area contributed by atoms with E-state index < -0.39 is 0 Å². The van der Waals surface area contributed by atoms with Gasteiger partial charge in [-0.2, -0.15) is 0 Å². The number of hydrogen-bond donors (Lipinski definition) is 0. The second kappa shape index (κ2) is 4.80. The van der Waals surface area contributed by atoms with E-state index in [1.54, 1.807) is 0 Å². The van der Waals surface area contributed by atoms with Crippen molar-refractivity contribution in [2.45, 2.75) is 0 Å². The minimum absolute atomic E-state index is 1.04. The first kappa shape index (κ1) is 10.7. The molecule has 0 aliphatic rings. The van der Waals surface area contributed by atoms with Gasteiger partial charge in [-0.05, 0) is 36.1 Å². The maximum absolute atomic E-state index is 3.99. The summed E-state index contributed by atoms with van der Waals surface area (Å²) in [7, 11) is 0. The highest BCUT2D eigenvalue weighted by Gasteiger charge is 1.91. The summed E-state index contributed by atoms with van der Waals surface area (Å²) in [4.78, 5) is 0. The SMILES string of the molecule is [CH2]c1ccc(/C=C/c2ccccc2[CH2])cc1. The molecule has 0 fully saturated rings. The third-order valence-corrected chi connectivity index (χ3v) is 2.49. The lowest BCUT2D eigenvalue weighted by Crippen LogP contribution is -1.78. The molecule has 0 heterocycles. The van der Waals surface area contributed by atoms with Gasteiger partial charge < -0.3 is 0 Å². The molecule has 2 radical (unpaired) electrons. The van der Waals surface area contributed by atoms with Crippen LogP contribution in [0.3, 0.4) is 0 Å². The third-order valence-electron chi connectivity index (χ3n) is 2.49. The van der Waals surface area contributed by atoms with Crippen LogP contribution >= 0.6 is 0 Å². The summed E-state index contributed by atoms with van der Waals surface area (Å²) in [6.07, 6.45) is 4.17. The van der Waals surface area contributed by atoms with Crippen LogP contribution < -0.4 is 0 Å². The van der Waals surface area contributed by atoms with Gasteiger partial charge in [0.25, 0.3) is 0 Å². The van der Waals surface area contributed by atoms with Crippen molar-refractivity contribution in [3.05, 3.63) is 84.6 Å². The van der Waals surface area contributed by atoms with E-state index in [1.807, 2.05) is 30.3 Å². The molecule has 0 nitrogen and oxygen atoms in total. The number of hydrogen-bond acceptors (Lipinski definition) is 0. The minimum atomic E-state index is 1.04. The van der Waals surface area contributed by atoms with Crippen molar-refractivity contribution in [1.29, 1.82) is 0 Å². The maximum Gasteiger partial charge on any atom is -0.0224 e. The first-order valence-corrected chi connectivity index (χ1v) is 5.27. The van der Waals surface area contributed by atoms with Gasteiger partial charge in [0.15, 0.2) is 0 Å². The van der Waals surface area contributed by atoms with Crippen LogP contribution in [0.4, 0.5) is 0 Å². The van der Waals surface area contributed by atoms with Crippen molar-refractivity contribution >= 4 is 12.2 Å². The summed E-state index contributed by atoms with van der Waals surface area (Å²) in [6, 6.07) is 16.2. The van der Waals surface area contributed by atoms with Crippen molar-refractivity contribution in [3.8, 4) is 0 Å². The standard InChI is InChI=1S/C16H14/c1-13-7-9-15(10-8-13)11-12-16-6-4-3-5-14(16)2/h3-12H,1-2H2/b12-11+. The minimum Gasteiger partial charge on any atom is -0.0620 e. The van der Waals surface area contributed by atoms with Crippen LogP contribution in [0.15, 0.2) is 48.5 Å². The van der Waals surface area contributed by atoms with Crippen LogP contribution in [-0.4, -0.2) is 0 Å². The third kappa shape index (κ3) is 2.60. The molecule has 2 rings (SSSR count). The second-order valence-electron chi connectivity index (χ2n) is 3.77. The van der Waals surface area contributed by atoms with Crippen LogP contribution in [0, 0.1) is 13.8 Å². The molecule has 0 aliphatic carbocycles.